The molecule has 6 nitrogen and oxygen atoms in total. The van der Waals surface area contributed by atoms with E-state index < -0.39 is 17.7 Å². The van der Waals surface area contributed by atoms with Crippen molar-refractivity contribution in [2.45, 2.75) is 6.04 Å². The molecular weight excluding hydrogens is 406 g/mol. The molecule has 1 fully saturated rings. The van der Waals surface area contributed by atoms with Crippen molar-refractivity contribution in [1.82, 2.24) is 4.90 Å². The van der Waals surface area contributed by atoms with Crippen LogP contribution in [0.3, 0.4) is 0 Å². The van der Waals surface area contributed by atoms with E-state index in [0.717, 1.165) is 0 Å². The highest BCUT2D eigenvalue weighted by molar-refractivity contribution is 6.46. The van der Waals surface area contributed by atoms with Crippen LogP contribution < -0.4 is 4.74 Å². The molecule has 1 saturated heterocycles. The molecule has 1 atom stereocenters. The van der Waals surface area contributed by atoms with Crippen LogP contribution in [0.15, 0.2) is 90.5 Å². The number of Topliss-reactive ketones (excluding diaryl/α,β-unsaturated/α-hetero) is 1. The van der Waals surface area contributed by atoms with Crippen LogP contribution in [-0.2, 0) is 14.3 Å². The summed E-state index contributed by atoms with van der Waals surface area (Å²) in [6, 6.07) is 24.5. The number of aliphatic hydroxyl groups is 1. The molecule has 1 heterocycles. The minimum Gasteiger partial charge on any atom is -0.507 e. The Labute approximate surface area is 186 Å². The number of rotatable bonds is 7. The molecule has 0 saturated carbocycles. The van der Waals surface area contributed by atoms with Crippen LogP contribution in [-0.4, -0.2) is 42.0 Å². The van der Waals surface area contributed by atoms with Crippen molar-refractivity contribution in [3.05, 3.63) is 102 Å². The van der Waals surface area contributed by atoms with Gasteiger partial charge in [0.1, 0.15) is 17.3 Å². The van der Waals surface area contributed by atoms with Gasteiger partial charge in [-0.1, -0.05) is 60.7 Å². The lowest BCUT2D eigenvalue weighted by molar-refractivity contribution is -0.140. The highest BCUT2D eigenvalue weighted by Gasteiger charge is 2.45. The van der Waals surface area contributed by atoms with Crippen LogP contribution in [0.25, 0.3) is 5.76 Å². The molecule has 32 heavy (non-hydrogen) atoms. The summed E-state index contributed by atoms with van der Waals surface area (Å²) in [4.78, 5) is 27.3. The third kappa shape index (κ3) is 4.26. The summed E-state index contributed by atoms with van der Waals surface area (Å²) in [5, 5.41) is 11.0. The molecule has 6 heteroatoms. The maximum atomic E-state index is 13.0. The number of ether oxygens (including phenoxy) is 2. The molecule has 1 aliphatic heterocycles. The second kappa shape index (κ2) is 9.49. The second-order valence-corrected chi connectivity index (χ2v) is 7.34. The Balaban J connectivity index is 1.79. The molecule has 0 aliphatic carbocycles. The predicted octanol–water partition coefficient (Wildman–Crippen LogP) is 4.55. The van der Waals surface area contributed by atoms with E-state index in [1.165, 1.54) is 12.0 Å². The standard InChI is InChI=1S/C26H23NO5/c1-31-16-15-27-23(19-11-8-14-21(17-19)32-20-12-6-3-7-13-20)22(25(29)26(27)30)24(28)18-9-4-2-5-10-18/h2-14,17,23,28H,15-16H2,1H3/t23-/m1/s1. The summed E-state index contributed by atoms with van der Waals surface area (Å²) in [5.74, 6) is -0.364. The molecule has 0 aromatic heterocycles. The van der Waals surface area contributed by atoms with Gasteiger partial charge in [0.15, 0.2) is 0 Å². The molecule has 0 radical (unpaired) electrons. The second-order valence-electron chi connectivity index (χ2n) is 7.34. The summed E-state index contributed by atoms with van der Waals surface area (Å²) in [5.41, 5.74) is 1.18. The van der Waals surface area contributed by atoms with Crippen LogP contribution in [0.1, 0.15) is 17.2 Å². The number of amides is 1. The molecule has 0 bridgehead atoms. The van der Waals surface area contributed by atoms with E-state index >= 15 is 0 Å². The lowest BCUT2D eigenvalue weighted by atomic mass is 9.95. The molecule has 1 aliphatic rings. The van der Waals surface area contributed by atoms with Crippen LogP contribution in [0.2, 0.25) is 0 Å². The number of nitrogens with zero attached hydrogens (tertiary/aromatic N) is 1. The Morgan fingerprint density at radius 3 is 2.25 bits per heavy atom. The average molecular weight is 429 g/mol. The first-order valence-electron chi connectivity index (χ1n) is 10.3. The van der Waals surface area contributed by atoms with Crippen LogP contribution >= 0.6 is 0 Å². The quantitative estimate of drug-likeness (QED) is 0.339. The minimum atomic E-state index is -0.760. The number of ketones is 1. The van der Waals surface area contributed by atoms with Crippen molar-refractivity contribution in [1.29, 1.82) is 0 Å². The average Bonchev–Trinajstić information content (AvgIpc) is 3.08. The lowest BCUT2D eigenvalue weighted by Crippen LogP contribution is -2.32. The fourth-order valence-corrected chi connectivity index (χ4v) is 3.77. The lowest BCUT2D eigenvalue weighted by Gasteiger charge is -2.25. The molecular formula is C26H23NO5. The predicted molar refractivity (Wildman–Crippen MR) is 120 cm³/mol. The Hall–Kier alpha value is -3.90. The smallest absolute Gasteiger partial charge is 0.295 e. The summed E-state index contributed by atoms with van der Waals surface area (Å²) in [6.45, 7) is 0.468. The monoisotopic (exact) mass is 429 g/mol. The van der Waals surface area contributed by atoms with Crippen LogP contribution in [0, 0.1) is 0 Å². The van der Waals surface area contributed by atoms with Crippen molar-refractivity contribution in [2.75, 3.05) is 20.3 Å². The molecule has 3 aromatic rings. The van der Waals surface area contributed by atoms with Crippen molar-refractivity contribution < 1.29 is 24.2 Å². The first-order valence-corrected chi connectivity index (χ1v) is 10.3. The third-order valence-electron chi connectivity index (χ3n) is 5.28. The summed E-state index contributed by atoms with van der Waals surface area (Å²) < 4.78 is 11.1. The number of benzene rings is 3. The zero-order valence-electron chi connectivity index (χ0n) is 17.6. The Kier molecular flexibility index (Phi) is 6.33. The Morgan fingerprint density at radius 2 is 1.56 bits per heavy atom. The van der Waals surface area contributed by atoms with E-state index in [1.807, 2.05) is 42.5 Å². The Bertz CT molecular complexity index is 1140. The van der Waals surface area contributed by atoms with Gasteiger partial charge in [-0.15, -0.1) is 0 Å². The van der Waals surface area contributed by atoms with Gasteiger partial charge in [0.05, 0.1) is 18.2 Å². The van der Waals surface area contributed by atoms with Gasteiger partial charge in [0.2, 0.25) is 0 Å². The molecule has 0 unspecified atom stereocenters. The van der Waals surface area contributed by atoms with E-state index in [4.69, 9.17) is 9.47 Å². The van der Waals surface area contributed by atoms with Gasteiger partial charge in [0, 0.05) is 19.2 Å². The number of carbonyl (C=O) groups is 2. The maximum Gasteiger partial charge on any atom is 0.295 e. The number of aliphatic hydroxyl groups excluding tert-OH is 1. The van der Waals surface area contributed by atoms with Crippen LogP contribution in [0.5, 0.6) is 11.5 Å². The van der Waals surface area contributed by atoms with Gasteiger partial charge >= 0.3 is 0 Å². The van der Waals surface area contributed by atoms with E-state index in [-0.39, 0.29) is 24.5 Å². The van der Waals surface area contributed by atoms with Crippen molar-refractivity contribution in [2.24, 2.45) is 0 Å². The largest absolute Gasteiger partial charge is 0.507 e. The molecule has 4 rings (SSSR count). The van der Waals surface area contributed by atoms with E-state index in [9.17, 15) is 14.7 Å². The van der Waals surface area contributed by atoms with E-state index in [2.05, 4.69) is 0 Å². The summed E-state index contributed by atoms with van der Waals surface area (Å²) in [7, 11) is 1.53. The maximum absolute atomic E-state index is 13.0. The number of likely N-dealkylation sites (tertiary alicyclic amines) is 1. The van der Waals surface area contributed by atoms with Crippen molar-refractivity contribution in [3.63, 3.8) is 0 Å². The number of hydrogen-bond acceptors (Lipinski definition) is 5. The van der Waals surface area contributed by atoms with E-state index in [0.29, 0.717) is 22.6 Å². The first kappa shape index (κ1) is 21.3. The molecule has 1 amide bonds. The molecule has 3 aromatic carbocycles. The van der Waals surface area contributed by atoms with Gasteiger partial charge in [0.25, 0.3) is 11.7 Å². The van der Waals surface area contributed by atoms with Crippen molar-refractivity contribution in [3.8, 4) is 11.5 Å². The zero-order valence-corrected chi connectivity index (χ0v) is 17.6. The molecule has 1 N–H and O–H groups in total. The van der Waals surface area contributed by atoms with Gasteiger partial charge < -0.3 is 19.5 Å². The minimum absolute atomic E-state index is 0.0502. The number of para-hydroxylation sites is 1. The van der Waals surface area contributed by atoms with Gasteiger partial charge in [-0.2, -0.15) is 0 Å². The Morgan fingerprint density at radius 1 is 0.906 bits per heavy atom. The zero-order chi connectivity index (χ0) is 22.5. The number of hydrogen-bond donors (Lipinski definition) is 1. The SMILES string of the molecule is COCCN1C(=O)C(=O)C(=C(O)c2ccccc2)[C@H]1c1cccc(Oc2ccccc2)c1. The number of carbonyl (C=O) groups excluding carboxylic acids is 2. The van der Waals surface area contributed by atoms with E-state index in [1.54, 1.807) is 42.5 Å². The van der Waals surface area contributed by atoms with Gasteiger partial charge in [-0.3, -0.25) is 9.59 Å². The normalized spacial score (nSPS) is 17.5. The van der Waals surface area contributed by atoms with Gasteiger partial charge in [-0.05, 0) is 29.8 Å². The number of methoxy groups -OCH3 is 1. The fourth-order valence-electron chi connectivity index (χ4n) is 3.77. The van der Waals surface area contributed by atoms with Crippen molar-refractivity contribution >= 4 is 17.4 Å². The highest BCUT2D eigenvalue weighted by Crippen LogP contribution is 2.40. The topological polar surface area (TPSA) is 76.1 Å². The highest BCUT2D eigenvalue weighted by atomic mass is 16.5. The first-order chi connectivity index (χ1) is 15.6. The van der Waals surface area contributed by atoms with Gasteiger partial charge in [-0.25, -0.2) is 0 Å². The van der Waals surface area contributed by atoms with Crippen LogP contribution in [0.4, 0.5) is 0 Å². The third-order valence-corrected chi connectivity index (χ3v) is 5.28. The molecule has 162 valence electrons. The summed E-state index contributed by atoms with van der Waals surface area (Å²) in [6.07, 6.45) is 0. The molecule has 0 spiro atoms. The fraction of sp³-hybridized carbons (Fsp3) is 0.154. The summed E-state index contributed by atoms with van der Waals surface area (Å²) >= 11 is 0.